The van der Waals surface area contributed by atoms with Gasteiger partial charge in [-0.05, 0) is 22.6 Å². The predicted octanol–water partition coefficient (Wildman–Crippen LogP) is 4.73. The third kappa shape index (κ3) is 1.57. The second-order valence-electron chi connectivity index (χ2n) is 6.09. The second-order valence-corrected chi connectivity index (χ2v) is 6.09. The smallest absolute Gasteiger partial charge is 0.259 e. The largest absolute Gasteiger partial charge is 0.303 e. The standard InChI is InChI=1S/C21H12N2O/c1-22-14-9-10-18-19(11-14)17-8-4-7-16-15-6-3-2-5-13(15)12-23(20(16)17)21(18)24/h2-11H,12H2. The number of pyridine rings is 1. The molecular formula is C21H12N2O. The number of aromatic nitrogens is 1. The van der Waals surface area contributed by atoms with Gasteiger partial charge in [-0.25, -0.2) is 4.85 Å². The van der Waals surface area contributed by atoms with Crippen molar-refractivity contribution >= 4 is 27.4 Å². The fraction of sp³-hybridized carbons (Fsp3) is 0.0476. The summed E-state index contributed by atoms with van der Waals surface area (Å²) in [5, 5.41) is 2.56. The summed E-state index contributed by atoms with van der Waals surface area (Å²) in [5.74, 6) is 0. The first kappa shape index (κ1) is 13.1. The molecule has 0 saturated heterocycles. The molecule has 0 spiro atoms. The zero-order chi connectivity index (χ0) is 16.3. The van der Waals surface area contributed by atoms with Crippen LogP contribution in [0, 0.1) is 6.57 Å². The van der Waals surface area contributed by atoms with E-state index < -0.39 is 0 Å². The average molecular weight is 308 g/mol. The van der Waals surface area contributed by atoms with Gasteiger partial charge in [0.1, 0.15) is 0 Å². The van der Waals surface area contributed by atoms with Crippen molar-refractivity contribution in [3.8, 4) is 11.1 Å². The van der Waals surface area contributed by atoms with Crippen LogP contribution in [0.2, 0.25) is 0 Å². The van der Waals surface area contributed by atoms with E-state index in [0.717, 1.165) is 27.4 Å². The normalized spacial score (nSPS) is 12.1. The lowest BCUT2D eigenvalue weighted by molar-refractivity contribution is 0.795. The van der Waals surface area contributed by atoms with E-state index in [2.05, 4.69) is 23.0 Å². The van der Waals surface area contributed by atoms with Crippen molar-refractivity contribution in [2.45, 2.75) is 6.54 Å². The van der Waals surface area contributed by atoms with Crippen molar-refractivity contribution in [3.05, 3.63) is 88.0 Å². The molecule has 0 fully saturated rings. The van der Waals surface area contributed by atoms with Gasteiger partial charge in [-0.1, -0.05) is 54.6 Å². The van der Waals surface area contributed by atoms with Gasteiger partial charge in [0.25, 0.3) is 5.56 Å². The minimum atomic E-state index is 0.0102. The van der Waals surface area contributed by atoms with E-state index in [-0.39, 0.29) is 5.56 Å². The molecule has 0 atom stereocenters. The van der Waals surface area contributed by atoms with Crippen molar-refractivity contribution in [2.24, 2.45) is 0 Å². The molecule has 0 saturated carbocycles. The minimum Gasteiger partial charge on any atom is -0.303 e. The lowest BCUT2D eigenvalue weighted by Gasteiger charge is -2.23. The van der Waals surface area contributed by atoms with Gasteiger partial charge in [0.2, 0.25) is 0 Å². The van der Waals surface area contributed by atoms with Gasteiger partial charge in [-0.15, -0.1) is 0 Å². The van der Waals surface area contributed by atoms with E-state index in [4.69, 9.17) is 6.57 Å². The van der Waals surface area contributed by atoms with E-state index in [1.165, 1.54) is 5.56 Å². The van der Waals surface area contributed by atoms with Crippen LogP contribution in [0.25, 0.3) is 37.6 Å². The maximum absolute atomic E-state index is 13.1. The molecule has 3 aromatic carbocycles. The quantitative estimate of drug-likeness (QED) is 0.300. The summed E-state index contributed by atoms with van der Waals surface area (Å²) in [4.78, 5) is 16.6. The zero-order valence-corrected chi connectivity index (χ0v) is 12.8. The summed E-state index contributed by atoms with van der Waals surface area (Å²) in [6.45, 7) is 7.84. The molecule has 0 bridgehead atoms. The number of fused-ring (bicyclic) bond motifs is 4. The first-order chi connectivity index (χ1) is 11.8. The van der Waals surface area contributed by atoms with Gasteiger partial charge in [0, 0.05) is 16.3 Å². The summed E-state index contributed by atoms with van der Waals surface area (Å²) in [7, 11) is 0. The van der Waals surface area contributed by atoms with Gasteiger partial charge in [0.05, 0.1) is 18.6 Å². The minimum absolute atomic E-state index is 0.0102. The van der Waals surface area contributed by atoms with Crippen LogP contribution >= 0.6 is 0 Å². The van der Waals surface area contributed by atoms with Crippen LogP contribution < -0.4 is 5.56 Å². The molecule has 2 heterocycles. The molecule has 0 N–H and O–H groups in total. The Balaban J connectivity index is 2.06. The van der Waals surface area contributed by atoms with E-state index in [1.54, 1.807) is 12.1 Å². The third-order valence-corrected chi connectivity index (χ3v) is 4.84. The summed E-state index contributed by atoms with van der Waals surface area (Å²) >= 11 is 0. The molecule has 0 radical (unpaired) electrons. The average Bonchev–Trinajstić information content (AvgIpc) is 2.65. The maximum atomic E-state index is 13.1. The molecule has 112 valence electrons. The maximum Gasteiger partial charge on any atom is 0.259 e. The molecule has 3 heteroatoms. The highest BCUT2D eigenvalue weighted by Gasteiger charge is 2.20. The van der Waals surface area contributed by atoms with Crippen molar-refractivity contribution in [2.75, 3.05) is 0 Å². The number of benzene rings is 3. The van der Waals surface area contributed by atoms with Crippen LogP contribution in [0.5, 0.6) is 0 Å². The molecular weight excluding hydrogens is 296 g/mol. The Morgan fingerprint density at radius 3 is 2.58 bits per heavy atom. The van der Waals surface area contributed by atoms with Crippen molar-refractivity contribution in [3.63, 3.8) is 0 Å². The molecule has 5 rings (SSSR count). The Bertz CT molecular complexity index is 1260. The van der Waals surface area contributed by atoms with Crippen LogP contribution in [0.4, 0.5) is 5.69 Å². The van der Waals surface area contributed by atoms with Crippen LogP contribution in [0.1, 0.15) is 5.56 Å². The predicted molar refractivity (Wildman–Crippen MR) is 96.5 cm³/mol. The van der Waals surface area contributed by atoms with E-state index in [1.807, 2.05) is 34.9 Å². The first-order valence-electron chi connectivity index (χ1n) is 7.83. The fourth-order valence-corrected chi connectivity index (χ4v) is 3.77. The van der Waals surface area contributed by atoms with Crippen molar-refractivity contribution < 1.29 is 0 Å². The number of hydrogen-bond donors (Lipinski definition) is 0. The summed E-state index contributed by atoms with van der Waals surface area (Å²) < 4.78 is 1.87. The van der Waals surface area contributed by atoms with Gasteiger partial charge < -0.3 is 4.57 Å². The monoisotopic (exact) mass is 308 g/mol. The Hall–Kier alpha value is -3.38. The van der Waals surface area contributed by atoms with Crippen molar-refractivity contribution in [1.82, 2.24) is 4.57 Å². The summed E-state index contributed by atoms with van der Waals surface area (Å²) in [6.07, 6.45) is 0. The van der Waals surface area contributed by atoms with Gasteiger partial charge in [-0.2, -0.15) is 0 Å². The Kier molecular flexibility index (Phi) is 2.49. The van der Waals surface area contributed by atoms with Crippen LogP contribution in [0.3, 0.4) is 0 Å². The van der Waals surface area contributed by atoms with Gasteiger partial charge in [-0.3, -0.25) is 4.79 Å². The number of hydrogen-bond acceptors (Lipinski definition) is 1. The van der Waals surface area contributed by atoms with E-state index in [0.29, 0.717) is 17.6 Å². The molecule has 0 aliphatic carbocycles. The fourth-order valence-electron chi connectivity index (χ4n) is 3.77. The lowest BCUT2D eigenvalue weighted by atomic mass is 9.92. The molecule has 3 nitrogen and oxygen atoms in total. The molecule has 0 unspecified atom stereocenters. The molecule has 1 aliphatic rings. The number of rotatable bonds is 0. The number of nitrogens with zero attached hydrogens (tertiary/aromatic N) is 2. The van der Waals surface area contributed by atoms with E-state index in [9.17, 15) is 4.79 Å². The van der Waals surface area contributed by atoms with Crippen LogP contribution in [-0.2, 0) is 6.54 Å². The molecule has 24 heavy (non-hydrogen) atoms. The van der Waals surface area contributed by atoms with Gasteiger partial charge >= 0.3 is 0 Å². The highest BCUT2D eigenvalue weighted by Crippen LogP contribution is 2.37. The number of para-hydroxylation sites is 1. The van der Waals surface area contributed by atoms with Gasteiger partial charge in [0.15, 0.2) is 5.69 Å². The van der Waals surface area contributed by atoms with Crippen LogP contribution in [-0.4, -0.2) is 4.57 Å². The highest BCUT2D eigenvalue weighted by molar-refractivity contribution is 6.11. The second kappa shape index (κ2) is 4.56. The summed E-state index contributed by atoms with van der Waals surface area (Å²) in [5.41, 5.74) is 4.97. The van der Waals surface area contributed by atoms with E-state index >= 15 is 0 Å². The Labute approximate surface area is 138 Å². The molecule has 1 aromatic heterocycles. The Morgan fingerprint density at radius 1 is 0.875 bits per heavy atom. The first-order valence-corrected chi connectivity index (χ1v) is 7.83. The zero-order valence-electron chi connectivity index (χ0n) is 12.8. The topological polar surface area (TPSA) is 26.4 Å². The van der Waals surface area contributed by atoms with Crippen LogP contribution in [0.15, 0.2) is 65.5 Å². The van der Waals surface area contributed by atoms with Crippen molar-refractivity contribution in [1.29, 1.82) is 0 Å². The molecule has 1 aliphatic heterocycles. The highest BCUT2D eigenvalue weighted by atomic mass is 16.1. The Morgan fingerprint density at radius 2 is 1.71 bits per heavy atom. The lowest BCUT2D eigenvalue weighted by Crippen LogP contribution is -2.24. The molecule has 4 aromatic rings. The SMILES string of the molecule is [C-]#[N+]c1ccc2c(=O)n3c4c(cccc4c2c1)-c1ccccc1C3. The third-order valence-electron chi connectivity index (χ3n) is 4.84. The summed E-state index contributed by atoms with van der Waals surface area (Å²) in [6, 6.07) is 19.7. The molecule has 0 amide bonds.